The highest BCUT2D eigenvalue weighted by molar-refractivity contribution is 7.86. The van der Waals surface area contributed by atoms with E-state index in [0.29, 0.717) is 16.6 Å². The predicted molar refractivity (Wildman–Crippen MR) is 76.9 cm³/mol. The molecule has 10 heteroatoms. The van der Waals surface area contributed by atoms with Gasteiger partial charge in [0.05, 0.1) is 18.4 Å². The van der Waals surface area contributed by atoms with Gasteiger partial charge >= 0.3 is 6.18 Å². The Bertz CT molecular complexity index is 828. The molecule has 0 saturated carbocycles. The van der Waals surface area contributed by atoms with Crippen molar-refractivity contribution in [2.24, 2.45) is 0 Å². The Morgan fingerprint density at radius 3 is 2.48 bits per heavy atom. The minimum atomic E-state index is -4.64. The van der Waals surface area contributed by atoms with Gasteiger partial charge in [-0.15, -0.1) is 11.3 Å². The van der Waals surface area contributed by atoms with Crippen molar-refractivity contribution < 1.29 is 30.2 Å². The Morgan fingerprint density at radius 2 is 1.96 bits per heavy atom. The van der Waals surface area contributed by atoms with E-state index in [1.165, 1.54) is 6.92 Å². The second kappa shape index (κ2) is 6.17. The van der Waals surface area contributed by atoms with Crippen LogP contribution in [0.15, 0.2) is 18.2 Å². The first-order chi connectivity index (χ1) is 10.5. The molecule has 0 unspecified atom stereocenters. The van der Waals surface area contributed by atoms with Crippen LogP contribution >= 0.6 is 11.3 Å². The van der Waals surface area contributed by atoms with Gasteiger partial charge in [-0.25, -0.2) is 9.37 Å². The number of nitrogens with zero attached hydrogens (tertiary/aromatic N) is 1. The summed E-state index contributed by atoms with van der Waals surface area (Å²) in [5.41, 5.74) is -0.869. The topological polar surface area (TPSA) is 56.3 Å². The van der Waals surface area contributed by atoms with Crippen LogP contribution in [0.1, 0.15) is 16.1 Å². The third kappa shape index (κ3) is 4.06. The SMILES string of the molecule is COS(=O)(=O)Cc1sc(-c2ccc(C(F)(F)F)cc2F)nc1C. The molecule has 0 N–H and O–H groups in total. The van der Waals surface area contributed by atoms with E-state index >= 15 is 0 Å². The lowest BCUT2D eigenvalue weighted by Crippen LogP contribution is -2.05. The van der Waals surface area contributed by atoms with Crippen molar-refractivity contribution in [2.75, 3.05) is 7.11 Å². The van der Waals surface area contributed by atoms with Crippen LogP contribution in [0.25, 0.3) is 10.6 Å². The van der Waals surface area contributed by atoms with Gasteiger partial charge in [-0.3, -0.25) is 4.18 Å². The molecule has 0 radical (unpaired) electrons. The van der Waals surface area contributed by atoms with Crippen molar-refractivity contribution >= 4 is 21.5 Å². The van der Waals surface area contributed by atoms with Crippen LogP contribution in [0, 0.1) is 12.7 Å². The molecule has 2 aromatic rings. The normalized spacial score (nSPS) is 12.6. The summed E-state index contributed by atoms with van der Waals surface area (Å²) in [5, 5.41) is 0.107. The van der Waals surface area contributed by atoms with Gasteiger partial charge in [0.25, 0.3) is 10.1 Å². The number of aromatic nitrogens is 1. The van der Waals surface area contributed by atoms with E-state index in [1.807, 2.05) is 0 Å². The number of hydrogen-bond acceptors (Lipinski definition) is 5. The molecular formula is C13H11F4NO3S2. The molecule has 4 nitrogen and oxygen atoms in total. The Kier molecular flexibility index (Phi) is 4.79. The first-order valence-corrected chi connectivity index (χ1v) is 8.54. The van der Waals surface area contributed by atoms with E-state index in [2.05, 4.69) is 9.17 Å². The van der Waals surface area contributed by atoms with E-state index in [0.717, 1.165) is 30.6 Å². The van der Waals surface area contributed by atoms with Crippen molar-refractivity contribution in [3.63, 3.8) is 0 Å². The summed E-state index contributed by atoms with van der Waals surface area (Å²) in [6, 6.07) is 2.11. The van der Waals surface area contributed by atoms with Crippen LogP contribution in [-0.2, 0) is 26.2 Å². The molecule has 0 aliphatic rings. The molecular weight excluding hydrogens is 358 g/mol. The third-order valence-electron chi connectivity index (χ3n) is 2.98. The summed E-state index contributed by atoms with van der Waals surface area (Å²) in [6.45, 7) is 1.53. The molecule has 23 heavy (non-hydrogen) atoms. The summed E-state index contributed by atoms with van der Waals surface area (Å²) >= 11 is 0.891. The molecule has 1 aromatic carbocycles. The zero-order valence-corrected chi connectivity index (χ0v) is 13.6. The van der Waals surface area contributed by atoms with E-state index in [4.69, 9.17) is 0 Å². The summed E-state index contributed by atoms with van der Waals surface area (Å²) in [7, 11) is -2.76. The molecule has 0 spiro atoms. The first-order valence-electron chi connectivity index (χ1n) is 6.15. The van der Waals surface area contributed by atoms with Crippen molar-refractivity contribution in [3.8, 4) is 10.6 Å². The van der Waals surface area contributed by atoms with E-state index in [9.17, 15) is 26.0 Å². The Labute approximate surface area is 133 Å². The summed E-state index contributed by atoms with van der Waals surface area (Å²) < 4.78 is 78.8. The van der Waals surface area contributed by atoms with E-state index in [-0.39, 0.29) is 10.6 Å². The number of benzene rings is 1. The molecule has 0 amide bonds. The summed E-state index contributed by atoms with van der Waals surface area (Å²) in [4.78, 5) is 4.36. The van der Waals surface area contributed by atoms with Crippen LogP contribution in [0.4, 0.5) is 17.6 Å². The molecule has 0 fully saturated rings. The summed E-state index contributed by atoms with van der Waals surface area (Å²) in [5.74, 6) is -1.51. The molecule has 0 saturated heterocycles. The van der Waals surface area contributed by atoms with Gasteiger partial charge < -0.3 is 0 Å². The number of alkyl halides is 3. The number of thiazole rings is 1. The van der Waals surface area contributed by atoms with E-state index in [1.54, 1.807) is 0 Å². The van der Waals surface area contributed by atoms with Gasteiger partial charge in [0, 0.05) is 10.4 Å². The minimum Gasteiger partial charge on any atom is -0.273 e. The lowest BCUT2D eigenvalue weighted by molar-refractivity contribution is -0.137. The number of hydrogen-bond donors (Lipinski definition) is 0. The minimum absolute atomic E-state index is 0.107. The highest BCUT2D eigenvalue weighted by atomic mass is 32.2. The standard InChI is InChI=1S/C13H11F4NO3S2/c1-7-11(6-23(19,20)21-2)22-12(18-7)9-4-3-8(5-10(9)14)13(15,16)17/h3-5H,6H2,1-2H3. The second-order valence-electron chi connectivity index (χ2n) is 4.59. The maximum absolute atomic E-state index is 13.9. The van der Waals surface area contributed by atoms with Gasteiger partial charge in [0.1, 0.15) is 16.6 Å². The smallest absolute Gasteiger partial charge is 0.273 e. The van der Waals surface area contributed by atoms with Gasteiger partial charge in [-0.05, 0) is 25.1 Å². The summed E-state index contributed by atoms with van der Waals surface area (Å²) in [6.07, 6.45) is -4.64. The van der Waals surface area contributed by atoms with Crippen molar-refractivity contribution in [1.29, 1.82) is 0 Å². The maximum Gasteiger partial charge on any atom is 0.416 e. The monoisotopic (exact) mass is 369 g/mol. The average Bonchev–Trinajstić information content (AvgIpc) is 2.78. The predicted octanol–water partition coefficient (Wildman–Crippen LogP) is 3.75. The molecule has 1 aromatic heterocycles. The number of aryl methyl sites for hydroxylation is 1. The molecule has 0 aliphatic heterocycles. The Morgan fingerprint density at radius 1 is 1.30 bits per heavy atom. The van der Waals surface area contributed by atoms with Crippen LogP contribution < -0.4 is 0 Å². The molecule has 0 aliphatic carbocycles. The lowest BCUT2D eigenvalue weighted by atomic mass is 10.1. The first kappa shape index (κ1) is 17.8. The molecule has 2 rings (SSSR count). The second-order valence-corrected chi connectivity index (χ2v) is 7.41. The van der Waals surface area contributed by atoms with Crippen molar-refractivity contribution in [3.05, 3.63) is 40.2 Å². The maximum atomic E-state index is 13.9. The molecule has 126 valence electrons. The number of halogens is 4. The lowest BCUT2D eigenvalue weighted by Gasteiger charge is -2.07. The van der Waals surface area contributed by atoms with Gasteiger partial charge in [0.15, 0.2) is 0 Å². The van der Waals surface area contributed by atoms with Gasteiger partial charge in [-0.2, -0.15) is 21.6 Å². The quantitative estimate of drug-likeness (QED) is 0.608. The van der Waals surface area contributed by atoms with Crippen molar-refractivity contribution in [2.45, 2.75) is 18.9 Å². The van der Waals surface area contributed by atoms with E-state index < -0.39 is 33.4 Å². The molecule has 1 heterocycles. The Balaban J connectivity index is 2.41. The largest absolute Gasteiger partial charge is 0.416 e. The van der Waals surface area contributed by atoms with Crippen LogP contribution in [0.3, 0.4) is 0 Å². The van der Waals surface area contributed by atoms with Crippen LogP contribution in [-0.4, -0.2) is 20.5 Å². The fraction of sp³-hybridized carbons (Fsp3) is 0.308. The highest BCUT2D eigenvalue weighted by Crippen LogP contribution is 2.35. The third-order valence-corrected chi connectivity index (χ3v) is 5.50. The van der Waals surface area contributed by atoms with Gasteiger partial charge in [0.2, 0.25) is 0 Å². The molecule has 0 atom stereocenters. The zero-order valence-electron chi connectivity index (χ0n) is 11.9. The highest BCUT2D eigenvalue weighted by Gasteiger charge is 2.31. The van der Waals surface area contributed by atoms with Gasteiger partial charge in [-0.1, -0.05) is 0 Å². The fourth-order valence-electron chi connectivity index (χ4n) is 1.76. The van der Waals surface area contributed by atoms with Crippen molar-refractivity contribution in [1.82, 2.24) is 4.98 Å². The fourth-order valence-corrected chi connectivity index (χ4v) is 3.96. The average molecular weight is 369 g/mol. The Hall–Kier alpha value is -1.52. The van der Waals surface area contributed by atoms with Crippen LogP contribution in [0.2, 0.25) is 0 Å². The molecule has 0 bridgehead atoms. The number of rotatable bonds is 4. The zero-order chi connectivity index (χ0) is 17.4. The van der Waals surface area contributed by atoms with Crippen LogP contribution in [0.5, 0.6) is 0 Å².